The summed E-state index contributed by atoms with van der Waals surface area (Å²) in [7, 11) is -5.31. The number of hydrogen-bond acceptors (Lipinski definition) is 11. The Morgan fingerprint density at radius 1 is 0.579 bits per heavy atom. The van der Waals surface area contributed by atoms with E-state index in [9.17, 15) is 16.8 Å². The van der Waals surface area contributed by atoms with Crippen molar-refractivity contribution in [3.8, 4) is 28.3 Å². The number of ether oxygens (including phenoxy) is 1. The standard InChI is InChI=1S/C20H20BrN3O3S2.C20H20BrN3O2S2/c1-27-17-7-5-15(6-8-17)19-14-28-20(22-19)23-9-11-24(12-10-23)29(25,26)18-4-2-3-16(21)13-18;1-15-5-7-16(8-6-15)19-14-27-20(22-19)23-9-11-24(12-10-23)28(25,26)18-4-2-3-17(21)13-18/h2-8,13-14H,9-12H2,1H3;2-8,13-14H,9-12H2,1H3. The maximum Gasteiger partial charge on any atom is 0.243 e. The molecule has 17 heteroatoms. The summed E-state index contributed by atoms with van der Waals surface area (Å²) < 4.78 is 61.3. The van der Waals surface area contributed by atoms with E-state index in [-0.39, 0.29) is 0 Å². The molecule has 0 amide bonds. The zero-order valence-corrected chi connectivity index (χ0v) is 37.6. The second kappa shape index (κ2) is 18.1. The third-order valence-corrected chi connectivity index (χ3v) is 16.2. The highest BCUT2D eigenvalue weighted by Crippen LogP contribution is 2.32. The van der Waals surface area contributed by atoms with Gasteiger partial charge in [-0.2, -0.15) is 8.61 Å². The van der Waals surface area contributed by atoms with Crippen LogP contribution in [0, 0.1) is 6.92 Å². The molecule has 4 heterocycles. The summed E-state index contributed by atoms with van der Waals surface area (Å²) in [5.74, 6) is 0.812. The van der Waals surface area contributed by atoms with Crippen molar-refractivity contribution in [1.29, 1.82) is 0 Å². The van der Waals surface area contributed by atoms with E-state index in [2.05, 4.69) is 78.2 Å². The van der Waals surface area contributed by atoms with Gasteiger partial charge in [-0.25, -0.2) is 26.8 Å². The molecule has 0 N–H and O–H groups in total. The minimum absolute atomic E-state index is 0.316. The van der Waals surface area contributed by atoms with Gasteiger partial charge in [-0.3, -0.25) is 0 Å². The van der Waals surface area contributed by atoms with Crippen LogP contribution in [0.25, 0.3) is 22.5 Å². The van der Waals surface area contributed by atoms with Gasteiger partial charge in [0.25, 0.3) is 0 Å². The van der Waals surface area contributed by atoms with Gasteiger partial charge in [0.05, 0.1) is 28.3 Å². The summed E-state index contributed by atoms with van der Waals surface area (Å²) in [6.45, 7) is 6.34. The Kier molecular flexibility index (Phi) is 13.2. The average molecular weight is 973 g/mol. The zero-order valence-electron chi connectivity index (χ0n) is 31.2. The van der Waals surface area contributed by atoms with Gasteiger partial charge in [0.2, 0.25) is 20.0 Å². The smallest absolute Gasteiger partial charge is 0.243 e. The van der Waals surface area contributed by atoms with E-state index in [0.29, 0.717) is 62.1 Å². The molecule has 4 aromatic carbocycles. The first-order chi connectivity index (χ1) is 27.4. The van der Waals surface area contributed by atoms with Gasteiger partial charge in [0, 0.05) is 83.2 Å². The topological polar surface area (TPSA) is 116 Å². The minimum atomic E-state index is -3.49. The van der Waals surface area contributed by atoms with Gasteiger partial charge in [0.1, 0.15) is 5.75 Å². The van der Waals surface area contributed by atoms with Crippen LogP contribution in [0.5, 0.6) is 5.75 Å². The van der Waals surface area contributed by atoms with Crippen molar-refractivity contribution in [2.75, 3.05) is 69.3 Å². The van der Waals surface area contributed by atoms with E-state index in [1.54, 1.807) is 74.8 Å². The molecule has 57 heavy (non-hydrogen) atoms. The molecular weight excluding hydrogens is 933 g/mol. The van der Waals surface area contributed by atoms with Crippen molar-refractivity contribution in [2.24, 2.45) is 0 Å². The highest BCUT2D eigenvalue weighted by Gasteiger charge is 2.31. The van der Waals surface area contributed by atoms with Crippen LogP contribution >= 0.6 is 54.5 Å². The summed E-state index contributed by atoms with van der Waals surface area (Å²) in [5.41, 5.74) is 5.23. The number of thiazole rings is 2. The van der Waals surface area contributed by atoms with E-state index in [4.69, 9.17) is 14.7 Å². The number of hydrogen-bond donors (Lipinski definition) is 0. The van der Waals surface area contributed by atoms with Crippen molar-refractivity contribution in [2.45, 2.75) is 16.7 Å². The minimum Gasteiger partial charge on any atom is -0.497 e. The molecule has 0 bridgehead atoms. The van der Waals surface area contributed by atoms with Crippen LogP contribution in [0.15, 0.2) is 127 Å². The predicted molar refractivity (Wildman–Crippen MR) is 237 cm³/mol. The number of methoxy groups -OCH3 is 1. The summed E-state index contributed by atoms with van der Waals surface area (Å²) in [4.78, 5) is 14.5. The fourth-order valence-corrected chi connectivity index (χ4v) is 12.2. The van der Waals surface area contributed by atoms with Gasteiger partial charge in [-0.05, 0) is 67.6 Å². The Hall–Kier alpha value is -3.68. The number of aromatic nitrogens is 2. The van der Waals surface area contributed by atoms with Gasteiger partial charge in [0.15, 0.2) is 10.3 Å². The van der Waals surface area contributed by atoms with Crippen LogP contribution < -0.4 is 14.5 Å². The van der Waals surface area contributed by atoms with Gasteiger partial charge in [-0.15, -0.1) is 22.7 Å². The van der Waals surface area contributed by atoms with Crippen molar-refractivity contribution < 1.29 is 21.6 Å². The lowest BCUT2D eigenvalue weighted by atomic mass is 10.1. The number of sulfonamides is 2. The predicted octanol–water partition coefficient (Wildman–Crippen LogP) is 8.48. The summed E-state index contributed by atoms with van der Waals surface area (Å²) in [6.07, 6.45) is 0. The van der Waals surface area contributed by atoms with Crippen molar-refractivity contribution in [3.63, 3.8) is 0 Å². The Morgan fingerprint density at radius 3 is 1.37 bits per heavy atom. The normalized spacial score (nSPS) is 15.6. The SMILES string of the molecule is COc1ccc(-c2csc(N3CCN(S(=O)(=O)c4cccc(Br)c4)CC3)n2)cc1.Cc1ccc(-c2csc(N3CCN(S(=O)(=O)c4cccc(Br)c4)CC3)n2)cc1. The van der Waals surface area contributed by atoms with Gasteiger partial charge < -0.3 is 14.5 Å². The van der Waals surface area contributed by atoms with Crippen molar-refractivity contribution in [3.05, 3.63) is 122 Å². The molecule has 11 nitrogen and oxygen atoms in total. The molecule has 0 unspecified atom stereocenters. The number of anilines is 2. The lowest BCUT2D eigenvalue weighted by Crippen LogP contribution is -2.48. The van der Waals surface area contributed by atoms with Crippen molar-refractivity contribution in [1.82, 2.24) is 18.6 Å². The van der Waals surface area contributed by atoms with Crippen LogP contribution in [-0.4, -0.2) is 94.9 Å². The monoisotopic (exact) mass is 970 g/mol. The Balaban J connectivity index is 0.000000174. The number of rotatable bonds is 9. The van der Waals surface area contributed by atoms with E-state index < -0.39 is 20.0 Å². The lowest BCUT2D eigenvalue weighted by molar-refractivity contribution is 0.384. The zero-order chi connectivity index (χ0) is 40.2. The first-order valence-electron chi connectivity index (χ1n) is 18.0. The maximum atomic E-state index is 12.9. The summed E-state index contributed by atoms with van der Waals surface area (Å²) >= 11 is 9.87. The first kappa shape index (κ1) is 41.5. The Bertz CT molecular complexity index is 2520. The lowest BCUT2D eigenvalue weighted by Gasteiger charge is -2.33. The fourth-order valence-electron chi connectivity index (χ4n) is 6.36. The molecule has 2 fully saturated rings. The molecule has 6 aromatic rings. The molecule has 0 radical (unpaired) electrons. The Morgan fingerprint density at radius 2 is 0.982 bits per heavy atom. The molecular formula is C40H40Br2N6O5S4. The second-order valence-electron chi connectivity index (χ2n) is 13.3. The van der Waals surface area contributed by atoms with Gasteiger partial charge >= 0.3 is 0 Å². The average Bonchev–Trinajstić information content (AvgIpc) is 3.93. The number of benzene rings is 4. The third kappa shape index (κ3) is 9.79. The third-order valence-electron chi connectivity index (χ3n) is 9.60. The second-order valence-corrected chi connectivity index (χ2v) is 20.7. The van der Waals surface area contributed by atoms with Crippen LogP contribution in [0.1, 0.15) is 5.56 Å². The molecule has 0 spiro atoms. The fraction of sp³-hybridized carbons (Fsp3) is 0.250. The largest absolute Gasteiger partial charge is 0.497 e. The molecule has 2 aliphatic rings. The highest BCUT2D eigenvalue weighted by atomic mass is 79.9. The van der Waals surface area contributed by atoms with E-state index in [1.165, 1.54) is 5.56 Å². The van der Waals surface area contributed by atoms with Crippen LogP contribution in [0.4, 0.5) is 10.3 Å². The molecule has 2 aliphatic heterocycles. The molecule has 0 aliphatic carbocycles. The molecule has 298 valence electrons. The van der Waals surface area contributed by atoms with E-state index in [0.717, 1.165) is 47.5 Å². The number of nitrogens with zero attached hydrogens (tertiary/aromatic N) is 6. The van der Waals surface area contributed by atoms with Crippen LogP contribution in [-0.2, 0) is 20.0 Å². The van der Waals surface area contributed by atoms with Gasteiger partial charge in [-0.1, -0.05) is 73.8 Å². The summed E-state index contributed by atoms with van der Waals surface area (Å²) in [5, 5.41) is 5.94. The molecule has 0 atom stereocenters. The molecule has 2 saturated heterocycles. The van der Waals surface area contributed by atoms with Crippen molar-refractivity contribution >= 4 is 84.8 Å². The Labute approximate surface area is 358 Å². The van der Waals surface area contributed by atoms with E-state index in [1.807, 2.05) is 41.8 Å². The molecule has 8 rings (SSSR count). The summed E-state index contributed by atoms with van der Waals surface area (Å²) in [6, 6.07) is 29.8. The quantitative estimate of drug-likeness (QED) is 0.141. The van der Waals surface area contributed by atoms with Crippen LogP contribution in [0.3, 0.4) is 0 Å². The number of halogens is 2. The number of piperazine rings is 2. The van der Waals surface area contributed by atoms with Crippen LogP contribution in [0.2, 0.25) is 0 Å². The van der Waals surface area contributed by atoms with E-state index >= 15 is 0 Å². The first-order valence-corrected chi connectivity index (χ1v) is 24.3. The molecule has 0 saturated carbocycles. The molecule has 2 aromatic heterocycles. The highest BCUT2D eigenvalue weighted by molar-refractivity contribution is 9.10. The number of aryl methyl sites for hydroxylation is 1. The maximum absolute atomic E-state index is 12.9.